The molecule has 0 rings (SSSR count). The molecule has 0 amide bonds. The SMILES string of the molecule is NC(N)=NO.NC(N)=NO.O.O.O.O=S(=O)(O)O.O=S(=O)(O)O. The summed E-state index contributed by atoms with van der Waals surface area (Å²) < 4.78 is 63.2. The lowest BCUT2D eigenvalue weighted by Gasteiger charge is -1.75. The van der Waals surface area contributed by atoms with E-state index in [0.29, 0.717) is 0 Å². The maximum absolute atomic E-state index is 8.74. The Labute approximate surface area is 128 Å². The third kappa shape index (κ3) is 2010. The molecule has 0 aliphatic heterocycles. The van der Waals surface area contributed by atoms with Crippen LogP contribution in [0.5, 0.6) is 0 Å². The van der Waals surface area contributed by atoms with Crippen LogP contribution in [0.4, 0.5) is 0 Å². The average molecular weight is 400 g/mol. The Kier molecular flexibility index (Phi) is 41.0. The first kappa shape index (κ1) is 42.8. The van der Waals surface area contributed by atoms with E-state index in [0.717, 1.165) is 0 Å². The van der Waals surface area contributed by atoms with Gasteiger partial charge in [0.2, 0.25) is 11.9 Å². The zero-order valence-corrected chi connectivity index (χ0v) is 12.5. The van der Waals surface area contributed by atoms with Gasteiger partial charge in [0, 0.05) is 0 Å². The number of nitrogens with zero attached hydrogens (tertiary/aromatic N) is 2. The number of hydrogen-bond acceptors (Lipinski definition) is 8. The molecule has 0 unspecified atom stereocenters. The molecule has 23 heavy (non-hydrogen) atoms. The monoisotopic (exact) mass is 400 g/mol. The van der Waals surface area contributed by atoms with Crippen molar-refractivity contribution in [3.05, 3.63) is 0 Å². The third-order valence-electron chi connectivity index (χ3n) is 0.231. The standard InChI is InChI=1S/2CH5N3O.2H2O4S.3H2O/c2*2-1(3)4-5;2*1-5(2,3)4;;;/h2*5H,(H4,2,3,4);2*(H2,1,2,3,4);3*1H2. The highest BCUT2D eigenvalue weighted by Crippen LogP contribution is 1.59. The van der Waals surface area contributed by atoms with Gasteiger partial charge in [0.05, 0.1) is 0 Å². The quantitative estimate of drug-likeness (QED) is 0.0593. The lowest BCUT2D eigenvalue weighted by Crippen LogP contribution is -2.21. The summed E-state index contributed by atoms with van der Waals surface area (Å²) in [5.41, 5.74) is 18.3. The molecule has 0 aliphatic rings. The maximum Gasteiger partial charge on any atom is 0.394 e. The first-order valence-corrected chi connectivity index (χ1v) is 6.19. The topological polar surface area (TPSA) is 413 Å². The molecule has 0 heterocycles. The molecule has 0 spiro atoms. The summed E-state index contributed by atoms with van der Waals surface area (Å²) in [7, 11) is -9.33. The van der Waals surface area contributed by atoms with E-state index in [-0.39, 0.29) is 28.3 Å². The summed E-state index contributed by atoms with van der Waals surface area (Å²) >= 11 is 0. The molecule has 20 N–H and O–H groups in total. The van der Waals surface area contributed by atoms with Crippen LogP contribution in [0.1, 0.15) is 0 Å². The van der Waals surface area contributed by atoms with Gasteiger partial charge >= 0.3 is 20.8 Å². The molecule has 19 nitrogen and oxygen atoms in total. The van der Waals surface area contributed by atoms with Gasteiger partial charge in [0.15, 0.2) is 0 Å². The van der Waals surface area contributed by atoms with Crippen LogP contribution in [0.25, 0.3) is 0 Å². The van der Waals surface area contributed by atoms with Crippen LogP contribution in [0.3, 0.4) is 0 Å². The number of rotatable bonds is 0. The van der Waals surface area contributed by atoms with E-state index in [2.05, 4.69) is 33.2 Å². The predicted octanol–water partition coefficient (Wildman–Crippen LogP) is -6.48. The van der Waals surface area contributed by atoms with Gasteiger partial charge in [-0.25, -0.2) is 0 Å². The first-order valence-electron chi connectivity index (χ1n) is 3.40. The fourth-order valence-electron chi connectivity index (χ4n) is 0. The molecule has 0 aliphatic carbocycles. The van der Waals surface area contributed by atoms with E-state index in [1.807, 2.05) is 0 Å². The molecule has 0 aromatic rings. The minimum absolute atomic E-state index is 0. The molecule has 0 fully saturated rings. The summed E-state index contributed by atoms with van der Waals surface area (Å²) in [5, 5.41) is 19.7. The van der Waals surface area contributed by atoms with Crippen LogP contribution >= 0.6 is 0 Å². The van der Waals surface area contributed by atoms with Crippen molar-refractivity contribution in [1.29, 1.82) is 0 Å². The minimum Gasteiger partial charge on any atom is -0.412 e. The van der Waals surface area contributed by atoms with Gasteiger partial charge in [-0.1, -0.05) is 10.3 Å². The van der Waals surface area contributed by atoms with Gasteiger partial charge in [0.1, 0.15) is 0 Å². The number of guanidine groups is 2. The second-order valence-electron chi connectivity index (χ2n) is 1.95. The molecular weight excluding hydrogens is 380 g/mol. The van der Waals surface area contributed by atoms with Crippen LogP contribution < -0.4 is 22.9 Å². The Bertz CT molecular complexity index is 411. The lowest BCUT2D eigenvalue weighted by atomic mass is 11.1. The fraction of sp³-hybridized carbons (Fsp3) is 0. The summed E-state index contributed by atoms with van der Waals surface area (Å²) in [5.74, 6) is -0.630. The average Bonchev–Trinajstić information content (AvgIpc) is 2.13. The van der Waals surface area contributed by atoms with Crippen molar-refractivity contribution in [2.45, 2.75) is 0 Å². The van der Waals surface area contributed by atoms with Gasteiger partial charge in [0.25, 0.3) is 0 Å². The van der Waals surface area contributed by atoms with E-state index >= 15 is 0 Å². The molecule has 148 valence electrons. The molecule has 0 aromatic carbocycles. The second kappa shape index (κ2) is 22.0. The number of nitrogens with two attached hydrogens (primary N) is 4. The molecule has 21 heteroatoms. The zero-order valence-electron chi connectivity index (χ0n) is 10.8. The highest BCUT2D eigenvalue weighted by atomic mass is 32.3. The van der Waals surface area contributed by atoms with E-state index in [9.17, 15) is 0 Å². The largest absolute Gasteiger partial charge is 0.412 e. The van der Waals surface area contributed by atoms with Crippen LogP contribution in [-0.2, 0) is 20.8 Å². The summed E-state index contributed by atoms with van der Waals surface area (Å²) in [6.07, 6.45) is 0. The van der Waals surface area contributed by atoms with E-state index in [1.54, 1.807) is 0 Å². The zero-order chi connectivity index (χ0) is 17.6. The Morgan fingerprint density at radius 3 is 0.652 bits per heavy atom. The van der Waals surface area contributed by atoms with Gasteiger partial charge in [-0.15, -0.1) is 0 Å². The Hall–Kier alpha value is -2.24. The van der Waals surface area contributed by atoms with E-state index in [4.69, 9.17) is 45.5 Å². The molecule has 0 bridgehead atoms. The Balaban J connectivity index is -0.0000000284. The first-order chi connectivity index (χ1) is 8.54. The van der Waals surface area contributed by atoms with Gasteiger partial charge in [-0.3, -0.25) is 18.2 Å². The highest BCUT2D eigenvalue weighted by molar-refractivity contribution is 7.80. The van der Waals surface area contributed by atoms with Crippen molar-refractivity contribution < 1.29 is 61.9 Å². The van der Waals surface area contributed by atoms with Gasteiger partial charge in [-0.2, -0.15) is 16.8 Å². The van der Waals surface area contributed by atoms with Crippen LogP contribution in [-0.4, -0.2) is 73.8 Å². The Morgan fingerprint density at radius 1 is 0.609 bits per heavy atom. The van der Waals surface area contributed by atoms with Crippen molar-refractivity contribution in [1.82, 2.24) is 0 Å². The van der Waals surface area contributed by atoms with E-state index < -0.39 is 20.8 Å². The van der Waals surface area contributed by atoms with Crippen molar-refractivity contribution in [2.24, 2.45) is 33.2 Å². The predicted molar refractivity (Wildman–Crippen MR) is 74.4 cm³/mol. The van der Waals surface area contributed by atoms with Crippen LogP contribution in [0, 0.1) is 0 Å². The molecule has 0 atom stereocenters. The van der Waals surface area contributed by atoms with Gasteiger partial charge < -0.3 is 49.8 Å². The van der Waals surface area contributed by atoms with E-state index in [1.165, 1.54) is 0 Å². The van der Waals surface area contributed by atoms with Crippen LogP contribution in [0.15, 0.2) is 10.3 Å². The summed E-state index contributed by atoms with van der Waals surface area (Å²) in [6.45, 7) is 0. The molecular formula is C2H20N6O13S2. The summed E-state index contributed by atoms with van der Waals surface area (Å²) in [6, 6.07) is 0. The lowest BCUT2D eigenvalue weighted by molar-refractivity contribution is 0.317. The smallest absolute Gasteiger partial charge is 0.394 e. The normalized spacial score (nSPS) is 7.83. The number of hydrogen-bond donors (Lipinski definition) is 10. The number of oxime groups is 2. The van der Waals surface area contributed by atoms with Crippen molar-refractivity contribution in [3.63, 3.8) is 0 Å². The van der Waals surface area contributed by atoms with Crippen molar-refractivity contribution in [2.75, 3.05) is 0 Å². The van der Waals surface area contributed by atoms with Crippen molar-refractivity contribution in [3.8, 4) is 0 Å². The van der Waals surface area contributed by atoms with Gasteiger partial charge in [-0.05, 0) is 0 Å². The minimum atomic E-state index is -4.67. The molecule has 0 saturated heterocycles. The van der Waals surface area contributed by atoms with Crippen LogP contribution in [0.2, 0.25) is 0 Å². The maximum atomic E-state index is 8.74. The molecule has 0 aromatic heterocycles. The second-order valence-corrected chi connectivity index (χ2v) is 3.74. The Morgan fingerprint density at radius 2 is 0.652 bits per heavy atom. The molecule has 0 radical (unpaired) electrons. The summed E-state index contributed by atoms with van der Waals surface area (Å²) in [4.78, 5) is 0. The fourth-order valence-corrected chi connectivity index (χ4v) is 0. The highest BCUT2D eigenvalue weighted by Gasteiger charge is 1.85. The third-order valence-corrected chi connectivity index (χ3v) is 0.231. The van der Waals surface area contributed by atoms with Crippen molar-refractivity contribution >= 4 is 32.7 Å². The molecule has 0 saturated carbocycles.